The Kier molecular flexibility index (Phi) is 13.3. The lowest BCUT2D eigenvalue weighted by atomic mass is 10.2. The van der Waals surface area contributed by atoms with Crippen LogP contribution in [-0.4, -0.2) is 42.3 Å². The fourth-order valence-electron chi connectivity index (χ4n) is 4.67. The van der Waals surface area contributed by atoms with Crippen molar-refractivity contribution in [2.24, 2.45) is 0 Å². The third kappa shape index (κ3) is 10.2. The lowest BCUT2D eigenvalue weighted by Crippen LogP contribution is -2.09. The van der Waals surface area contributed by atoms with Gasteiger partial charge in [-0.2, -0.15) is 0 Å². The summed E-state index contributed by atoms with van der Waals surface area (Å²) in [4.78, 5) is 0.845. The molecule has 10 heteroatoms. The first-order valence-electron chi connectivity index (χ1n) is 16.5. The summed E-state index contributed by atoms with van der Waals surface area (Å²) in [6, 6.07) is 26.0. The predicted octanol–water partition coefficient (Wildman–Crippen LogP) is 8.73. The molecule has 4 rings (SSSR count). The second-order valence-electron chi connectivity index (χ2n) is 11.7. The minimum atomic E-state index is -3.64. The van der Waals surface area contributed by atoms with Crippen molar-refractivity contribution in [3.63, 3.8) is 0 Å². The standard InChI is InChI=1S/C38H46O8S2/c1-5-29(3)45-33-15-23-37(24-16-33)47(39,40)35-19-11-31(12-20-35)43-27-9-7-8-10-28-44-32-13-21-36(22-14-32)48(41,42)38-25-17-34(18-26-38)46-30(4)6-2/h11-26,29-30H,5-10,27-28H2,1-4H3. The summed E-state index contributed by atoms with van der Waals surface area (Å²) in [6.07, 6.45) is 5.45. The van der Waals surface area contributed by atoms with Gasteiger partial charge in [0.25, 0.3) is 0 Å². The molecule has 0 amide bonds. The third-order valence-corrected chi connectivity index (χ3v) is 11.5. The Morgan fingerprint density at radius 3 is 0.979 bits per heavy atom. The van der Waals surface area contributed by atoms with Gasteiger partial charge in [0.05, 0.1) is 45.0 Å². The van der Waals surface area contributed by atoms with Crippen LogP contribution in [0.3, 0.4) is 0 Å². The molecule has 4 aromatic rings. The van der Waals surface area contributed by atoms with Gasteiger partial charge in [0.1, 0.15) is 23.0 Å². The van der Waals surface area contributed by atoms with E-state index < -0.39 is 19.7 Å². The van der Waals surface area contributed by atoms with Crippen LogP contribution in [0.1, 0.15) is 66.2 Å². The minimum absolute atomic E-state index is 0.0611. The summed E-state index contributed by atoms with van der Waals surface area (Å²) in [5, 5.41) is 0. The minimum Gasteiger partial charge on any atom is -0.494 e. The quantitative estimate of drug-likeness (QED) is 0.0898. The van der Waals surface area contributed by atoms with Gasteiger partial charge < -0.3 is 18.9 Å². The Hall–Kier alpha value is -4.02. The van der Waals surface area contributed by atoms with E-state index in [1.165, 1.54) is 0 Å². The molecule has 0 bridgehead atoms. The fraction of sp³-hybridized carbons (Fsp3) is 0.368. The highest BCUT2D eigenvalue weighted by molar-refractivity contribution is 7.91. The monoisotopic (exact) mass is 694 g/mol. The van der Waals surface area contributed by atoms with Crippen molar-refractivity contribution in [1.82, 2.24) is 0 Å². The van der Waals surface area contributed by atoms with Crippen LogP contribution in [0.25, 0.3) is 0 Å². The maximum atomic E-state index is 13.0. The average molecular weight is 695 g/mol. The highest BCUT2D eigenvalue weighted by atomic mass is 32.2. The molecule has 0 heterocycles. The van der Waals surface area contributed by atoms with Gasteiger partial charge in [0, 0.05) is 0 Å². The number of hydrogen-bond acceptors (Lipinski definition) is 8. The first-order chi connectivity index (χ1) is 23.0. The van der Waals surface area contributed by atoms with Gasteiger partial charge in [-0.1, -0.05) is 13.8 Å². The van der Waals surface area contributed by atoms with Gasteiger partial charge in [0.15, 0.2) is 0 Å². The van der Waals surface area contributed by atoms with Crippen molar-refractivity contribution in [1.29, 1.82) is 0 Å². The largest absolute Gasteiger partial charge is 0.494 e. The highest BCUT2D eigenvalue weighted by Gasteiger charge is 2.19. The summed E-state index contributed by atoms with van der Waals surface area (Å²) in [5.74, 6) is 2.53. The highest BCUT2D eigenvalue weighted by Crippen LogP contribution is 2.27. The Balaban J connectivity index is 1.13. The van der Waals surface area contributed by atoms with Crippen LogP contribution in [0.15, 0.2) is 117 Å². The van der Waals surface area contributed by atoms with Gasteiger partial charge >= 0.3 is 0 Å². The van der Waals surface area contributed by atoms with Crippen LogP contribution in [-0.2, 0) is 19.7 Å². The van der Waals surface area contributed by atoms with E-state index in [1.54, 1.807) is 97.1 Å². The number of benzene rings is 4. The summed E-state index contributed by atoms with van der Waals surface area (Å²) in [5.41, 5.74) is 0. The second kappa shape index (κ2) is 17.4. The van der Waals surface area contributed by atoms with Crippen molar-refractivity contribution < 1.29 is 35.8 Å². The van der Waals surface area contributed by atoms with Crippen molar-refractivity contribution in [2.45, 2.75) is 98.0 Å². The zero-order valence-corrected chi connectivity index (χ0v) is 29.8. The summed E-state index contributed by atoms with van der Waals surface area (Å²) >= 11 is 0. The maximum absolute atomic E-state index is 13.0. The molecule has 0 aliphatic heterocycles. The van der Waals surface area contributed by atoms with E-state index in [0.29, 0.717) is 36.2 Å². The normalized spacial score (nSPS) is 13.0. The molecule has 0 spiro atoms. The zero-order valence-electron chi connectivity index (χ0n) is 28.1. The Morgan fingerprint density at radius 1 is 0.438 bits per heavy atom. The molecule has 8 nitrogen and oxygen atoms in total. The zero-order chi connectivity index (χ0) is 34.6. The van der Waals surface area contributed by atoms with Crippen LogP contribution in [0.2, 0.25) is 0 Å². The Bertz CT molecular complexity index is 1630. The molecule has 0 fully saturated rings. The first kappa shape index (κ1) is 36.8. The molecule has 0 aliphatic rings. The molecule has 0 N–H and O–H groups in total. The third-order valence-electron chi connectivity index (χ3n) is 7.94. The van der Waals surface area contributed by atoms with Gasteiger partial charge in [0.2, 0.25) is 19.7 Å². The number of ether oxygens (including phenoxy) is 4. The van der Waals surface area contributed by atoms with E-state index in [1.807, 2.05) is 27.7 Å². The average Bonchev–Trinajstić information content (AvgIpc) is 3.10. The molecule has 0 radical (unpaired) electrons. The van der Waals surface area contributed by atoms with Crippen molar-refractivity contribution >= 4 is 19.7 Å². The Morgan fingerprint density at radius 2 is 0.708 bits per heavy atom. The molecular formula is C38H46O8S2. The van der Waals surface area contributed by atoms with E-state index >= 15 is 0 Å². The summed E-state index contributed by atoms with van der Waals surface area (Å²) in [7, 11) is -7.29. The summed E-state index contributed by atoms with van der Waals surface area (Å²) < 4.78 is 75.3. The van der Waals surface area contributed by atoms with Crippen molar-refractivity contribution in [3.05, 3.63) is 97.1 Å². The molecule has 0 saturated heterocycles. The van der Waals surface area contributed by atoms with Crippen LogP contribution in [0.4, 0.5) is 0 Å². The molecule has 4 aromatic carbocycles. The molecule has 48 heavy (non-hydrogen) atoms. The van der Waals surface area contributed by atoms with Crippen molar-refractivity contribution in [3.8, 4) is 23.0 Å². The van der Waals surface area contributed by atoms with Crippen LogP contribution < -0.4 is 18.9 Å². The topological polar surface area (TPSA) is 105 Å². The van der Waals surface area contributed by atoms with Gasteiger partial charge in [-0.3, -0.25) is 0 Å². The summed E-state index contributed by atoms with van der Waals surface area (Å²) in [6.45, 7) is 9.05. The van der Waals surface area contributed by atoms with E-state index in [9.17, 15) is 16.8 Å². The molecular weight excluding hydrogens is 649 g/mol. The van der Waals surface area contributed by atoms with E-state index in [-0.39, 0.29) is 31.8 Å². The van der Waals surface area contributed by atoms with E-state index in [2.05, 4.69) is 0 Å². The van der Waals surface area contributed by atoms with Crippen LogP contribution >= 0.6 is 0 Å². The van der Waals surface area contributed by atoms with Gasteiger partial charge in [-0.05, 0) is 149 Å². The van der Waals surface area contributed by atoms with Crippen LogP contribution in [0.5, 0.6) is 23.0 Å². The SMILES string of the molecule is CCC(C)Oc1ccc(S(=O)(=O)c2ccc(OCCCCCCOc3ccc(S(=O)(=O)c4ccc(OC(C)CC)cc4)cc3)cc2)cc1. The Labute approximate surface area is 285 Å². The smallest absolute Gasteiger partial charge is 0.206 e. The second-order valence-corrected chi connectivity index (χ2v) is 15.6. The van der Waals surface area contributed by atoms with Gasteiger partial charge in [-0.25, -0.2) is 16.8 Å². The number of sulfone groups is 2. The molecule has 0 saturated carbocycles. The van der Waals surface area contributed by atoms with E-state index in [0.717, 1.165) is 38.5 Å². The predicted molar refractivity (Wildman–Crippen MR) is 187 cm³/mol. The molecule has 2 atom stereocenters. The molecule has 2 unspecified atom stereocenters. The number of unbranched alkanes of at least 4 members (excludes halogenated alkanes) is 3. The van der Waals surface area contributed by atoms with E-state index in [4.69, 9.17) is 18.9 Å². The number of rotatable bonds is 19. The molecule has 0 aliphatic carbocycles. The van der Waals surface area contributed by atoms with Crippen molar-refractivity contribution in [2.75, 3.05) is 13.2 Å². The fourth-order valence-corrected chi connectivity index (χ4v) is 7.19. The first-order valence-corrected chi connectivity index (χ1v) is 19.5. The van der Waals surface area contributed by atoms with Gasteiger partial charge in [-0.15, -0.1) is 0 Å². The van der Waals surface area contributed by atoms with Crippen LogP contribution in [0, 0.1) is 0 Å². The lowest BCUT2D eigenvalue weighted by molar-refractivity contribution is 0.217. The lowest BCUT2D eigenvalue weighted by Gasteiger charge is -2.13. The molecule has 258 valence electrons. The molecule has 0 aromatic heterocycles. The number of hydrogen-bond donors (Lipinski definition) is 0. The maximum Gasteiger partial charge on any atom is 0.206 e.